The number of sulfonamides is 1. The summed E-state index contributed by atoms with van der Waals surface area (Å²) in [5.74, 6) is 0.373. The van der Waals surface area contributed by atoms with E-state index in [1.165, 1.54) is 6.42 Å². The molecular formula is C16H25NO3S. The average molecular weight is 311 g/mol. The molecule has 0 aliphatic heterocycles. The lowest BCUT2D eigenvalue weighted by Crippen LogP contribution is -2.41. The molecule has 0 spiro atoms. The normalized spacial score (nSPS) is 24.7. The van der Waals surface area contributed by atoms with Gasteiger partial charge in [0.15, 0.2) is 0 Å². The van der Waals surface area contributed by atoms with E-state index in [1.54, 1.807) is 24.3 Å². The highest BCUT2D eigenvalue weighted by Crippen LogP contribution is 2.26. The predicted molar refractivity (Wildman–Crippen MR) is 83.4 cm³/mol. The highest BCUT2D eigenvalue weighted by Gasteiger charge is 2.27. The van der Waals surface area contributed by atoms with Crippen molar-refractivity contribution in [3.63, 3.8) is 0 Å². The standard InChI is InChI=1S/C16H25NO3S/c1-3-16(18)13-8-6-9-14(11-13)21(19,20)17-15-10-5-4-7-12(15)2/h6,8-9,11-12,15-18H,3-5,7,10H2,1-2H3. The third kappa shape index (κ3) is 4.05. The van der Waals surface area contributed by atoms with Crippen LogP contribution in [0, 0.1) is 5.92 Å². The van der Waals surface area contributed by atoms with Crippen molar-refractivity contribution < 1.29 is 13.5 Å². The van der Waals surface area contributed by atoms with Gasteiger partial charge in [-0.15, -0.1) is 0 Å². The van der Waals surface area contributed by atoms with Crippen molar-refractivity contribution in [2.45, 2.75) is 63.0 Å². The van der Waals surface area contributed by atoms with Crippen molar-refractivity contribution in [3.8, 4) is 0 Å². The van der Waals surface area contributed by atoms with Gasteiger partial charge < -0.3 is 5.11 Å². The summed E-state index contributed by atoms with van der Waals surface area (Å²) >= 11 is 0. The number of benzene rings is 1. The van der Waals surface area contributed by atoms with Crippen molar-refractivity contribution in [3.05, 3.63) is 29.8 Å². The zero-order chi connectivity index (χ0) is 15.5. The van der Waals surface area contributed by atoms with Gasteiger partial charge in [0.25, 0.3) is 0 Å². The summed E-state index contributed by atoms with van der Waals surface area (Å²) in [6, 6.07) is 6.62. The first kappa shape index (κ1) is 16.5. The quantitative estimate of drug-likeness (QED) is 0.878. The first-order valence-corrected chi connectivity index (χ1v) is 9.22. The molecule has 1 aliphatic rings. The summed E-state index contributed by atoms with van der Waals surface area (Å²) in [5, 5.41) is 9.87. The minimum atomic E-state index is -3.52. The molecule has 3 atom stereocenters. The van der Waals surface area contributed by atoms with Gasteiger partial charge in [0.1, 0.15) is 0 Å². The van der Waals surface area contributed by atoms with Gasteiger partial charge in [0, 0.05) is 6.04 Å². The molecule has 0 radical (unpaired) electrons. The lowest BCUT2D eigenvalue weighted by atomic mass is 9.87. The molecule has 5 heteroatoms. The van der Waals surface area contributed by atoms with Crippen LogP contribution in [0.5, 0.6) is 0 Å². The second-order valence-electron chi connectivity index (χ2n) is 5.99. The van der Waals surface area contributed by atoms with Gasteiger partial charge in [0.05, 0.1) is 11.0 Å². The van der Waals surface area contributed by atoms with E-state index in [-0.39, 0.29) is 10.9 Å². The molecule has 1 saturated carbocycles. The van der Waals surface area contributed by atoms with Crippen molar-refractivity contribution >= 4 is 10.0 Å². The van der Waals surface area contributed by atoms with Crippen molar-refractivity contribution in [1.29, 1.82) is 0 Å². The number of aliphatic hydroxyl groups excluding tert-OH is 1. The molecule has 3 unspecified atom stereocenters. The van der Waals surface area contributed by atoms with Crippen LogP contribution in [0.4, 0.5) is 0 Å². The maximum atomic E-state index is 12.5. The van der Waals surface area contributed by atoms with Crippen LogP contribution in [-0.2, 0) is 10.0 Å². The van der Waals surface area contributed by atoms with Crippen molar-refractivity contribution in [1.82, 2.24) is 4.72 Å². The third-order valence-corrected chi connectivity index (χ3v) is 5.85. The molecule has 0 aromatic heterocycles. The van der Waals surface area contributed by atoms with Crippen molar-refractivity contribution in [2.75, 3.05) is 0 Å². The van der Waals surface area contributed by atoms with Crippen LogP contribution in [0.3, 0.4) is 0 Å². The van der Waals surface area contributed by atoms with Crippen LogP contribution in [0.2, 0.25) is 0 Å². The summed E-state index contributed by atoms with van der Waals surface area (Å²) in [5.41, 5.74) is 0.650. The van der Waals surface area contributed by atoms with E-state index in [0.717, 1.165) is 19.3 Å². The fraction of sp³-hybridized carbons (Fsp3) is 0.625. The van der Waals surface area contributed by atoms with Crippen molar-refractivity contribution in [2.24, 2.45) is 5.92 Å². The molecule has 4 nitrogen and oxygen atoms in total. The van der Waals surface area contributed by atoms with Gasteiger partial charge in [-0.2, -0.15) is 0 Å². The first-order valence-electron chi connectivity index (χ1n) is 7.74. The molecule has 118 valence electrons. The smallest absolute Gasteiger partial charge is 0.240 e. The highest BCUT2D eigenvalue weighted by atomic mass is 32.2. The monoisotopic (exact) mass is 311 g/mol. The molecule has 0 saturated heterocycles. The Hall–Kier alpha value is -0.910. The maximum Gasteiger partial charge on any atom is 0.240 e. The van der Waals surface area contributed by atoms with Gasteiger partial charge in [0.2, 0.25) is 10.0 Å². The van der Waals surface area contributed by atoms with Crippen LogP contribution in [0.15, 0.2) is 29.2 Å². The van der Waals surface area contributed by atoms with Gasteiger partial charge in [-0.3, -0.25) is 0 Å². The molecular weight excluding hydrogens is 286 g/mol. The van der Waals surface area contributed by atoms with Gasteiger partial charge in [-0.05, 0) is 42.9 Å². The maximum absolute atomic E-state index is 12.5. The van der Waals surface area contributed by atoms with E-state index in [0.29, 0.717) is 17.9 Å². The zero-order valence-corrected chi connectivity index (χ0v) is 13.6. The second-order valence-corrected chi connectivity index (χ2v) is 7.70. The Kier molecular flexibility index (Phi) is 5.41. The predicted octanol–water partition coefficient (Wildman–Crippen LogP) is 2.99. The average Bonchev–Trinajstić information content (AvgIpc) is 2.49. The number of rotatable bonds is 5. The Balaban J connectivity index is 2.19. The summed E-state index contributed by atoms with van der Waals surface area (Å²) in [6.07, 6.45) is 4.17. The number of aliphatic hydroxyl groups is 1. The molecule has 1 aromatic rings. The summed E-state index contributed by atoms with van der Waals surface area (Å²) < 4.78 is 27.9. The van der Waals surface area contributed by atoms with Gasteiger partial charge >= 0.3 is 0 Å². The summed E-state index contributed by atoms with van der Waals surface area (Å²) in [6.45, 7) is 3.97. The fourth-order valence-corrected chi connectivity index (χ4v) is 4.32. The second kappa shape index (κ2) is 6.90. The molecule has 2 N–H and O–H groups in total. The molecule has 21 heavy (non-hydrogen) atoms. The van der Waals surface area contributed by atoms with E-state index in [4.69, 9.17) is 0 Å². The Morgan fingerprint density at radius 1 is 1.33 bits per heavy atom. The van der Waals surface area contributed by atoms with E-state index in [9.17, 15) is 13.5 Å². The summed E-state index contributed by atoms with van der Waals surface area (Å²) in [7, 11) is -3.52. The molecule has 0 bridgehead atoms. The van der Waals surface area contributed by atoms with Crippen LogP contribution >= 0.6 is 0 Å². The number of nitrogens with one attached hydrogen (secondary N) is 1. The SMILES string of the molecule is CCC(O)c1cccc(S(=O)(=O)NC2CCCCC2C)c1. The Morgan fingerprint density at radius 3 is 2.71 bits per heavy atom. The molecule has 0 amide bonds. The zero-order valence-electron chi connectivity index (χ0n) is 12.7. The lowest BCUT2D eigenvalue weighted by Gasteiger charge is -2.29. The van der Waals surface area contributed by atoms with E-state index < -0.39 is 16.1 Å². The molecule has 1 aromatic carbocycles. The number of hydrogen-bond donors (Lipinski definition) is 2. The molecule has 2 rings (SSSR count). The Morgan fingerprint density at radius 2 is 2.05 bits per heavy atom. The van der Waals surface area contributed by atoms with Crippen LogP contribution < -0.4 is 4.72 Å². The molecule has 1 aliphatic carbocycles. The first-order chi connectivity index (χ1) is 9.94. The van der Waals surface area contributed by atoms with E-state index >= 15 is 0 Å². The third-order valence-electron chi connectivity index (χ3n) is 4.36. The Labute approximate surface area is 127 Å². The largest absolute Gasteiger partial charge is 0.388 e. The fourth-order valence-electron chi connectivity index (χ4n) is 2.88. The Bertz CT molecular complexity index is 571. The van der Waals surface area contributed by atoms with E-state index in [2.05, 4.69) is 11.6 Å². The minimum Gasteiger partial charge on any atom is -0.388 e. The molecule has 1 fully saturated rings. The highest BCUT2D eigenvalue weighted by molar-refractivity contribution is 7.89. The summed E-state index contributed by atoms with van der Waals surface area (Å²) in [4.78, 5) is 0.241. The lowest BCUT2D eigenvalue weighted by molar-refractivity contribution is 0.173. The van der Waals surface area contributed by atoms with Gasteiger partial charge in [-0.25, -0.2) is 13.1 Å². The number of hydrogen-bond acceptors (Lipinski definition) is 3. The van der Waals surface area contributed by atoms with Crippen LogP contribution in [0.25, 0.3) is 0 Å². The van der Waals surface area contributed by atoms with Gasteiger partial charge in [-0.1, -0.05) is 38.8 Å². The topological polar surface area (TPSA) is 66.4 Å². The molecule has 0 heterocycles. The van der Waals surface area contributed by atoms with Crippen LogP contribution in [-0.4, -0.2) is 19.6 Å². The van der Waals surface area contributed by atoms with E-state index in [1.807, 2.05) is 6.92 Å². The van der Waals surface area contributed by atoms with Crippen LogP contribution in [0.1, 0.15) is 57.6 Å². The minimum absolute atomic E-state index is 0.0171.